The van der Waals surface area contributed by atoms with Crippen molar-refractivity contribution in [1.29, 1.82) is 0 Å². The highest BCUT2D eigenvalue weighted by Gasteiger charge is 1.98. The second-order valence-corrected chi connectivity index (χ2v) is 6.68. The van der Waals surface area contributed by atoms with Crippen LogP contribution in [0.5, 0.6) is 0 Å². The van der Waals surface area contributed by atoms with Gasteiger partial charge in [0.1, 0.15) is 0 Å². The lowest BCUT2D eigenvalue weighted by atomic mass is 10.00. The Morgan fingerprint density at radius 1 is 0.864 bits per heavy atom. The molecule has 0 aliphatic heterocycles. The smallest absolute Gasteiger partial charge is 0.303 e. The third kappa shape index (κ3) is 17.3. The first-order chi connectivity index (χ1) is 10.7. The van der Waals surface area contributed by atoms with Crippen LogP contribution in [0.2, 0.25) is 0 Å². The van der Waals surface area contributed by atoms with Crippen LogP contribution in [-0.4, -0.2) is 11.1 Å². The molecule has 0 aliphatic carbocycles. The number of carboxylic acid groups (broad SMARTS) is 1. The van der Waals surface area contributed by atoms with Crippen molar-refractivity contribution >= 4 is 5.97 Å². The lowest BCUT2D eigenvalue weighted by Gasteiger charge is -2.06. The molecule has 22 heavy (non-hydrogen) atoms. The van der Waals surface area contributed by atoms with Crippen molar-refractivity contribution in [2.24, 2.45) is 5.92 Å². The molecule has 2 heteroatoms. The van der Waals surface area contributed by atoms with Gasteiger partial charge in [-0.2, -0.15) is 0 Å². The van der Waals surface area contributed by atoms with Gasteiger partial charge in [-0.3, -0.25) is 4.79 Å². The molecule has 0 aromatic rings. The second-order valence-electron chi connectivity index (χ2n) is 6.68. The average Bonchev–Trinajstić information content (AvgIpc) is 2.50. The first kappa shape index (κ1) is 21.2. The molecule has 0 saturated carbocycles. The highest BCUT2D eigenvalue weighted by Crippen LogP contribution is 2.14. The lowest BCUT2D eigenvalue weighted by molar-refractivity contribution is -0.137. The van der Waals surface area contributed by atoms with Gasteiger partial charge in [0, 0.05) is 6.42 Å². The molecular formula is C20H38O2. The zero-order chi connectivity index (χ0) is 16.5. The molecule has 130 valence electrons. The summed E-state index contributed by atoms with van der Waals surface area (Å²) >= 11 is 0. The Morgan fingerprint density at radius 2 is 1.36 bits per heavy atom. The molecule has 1 atom stereocenters. The van der Waals surface area contributed by atoms with Crippen LogP contribution >= 0.6 is 0 Å². The van der Waals surface area contributed by atoms with Crippen LogP contribution in [0.25, 0.3) is 0 Å². The van der Waals surface area contributed by atoms with E-state index in [2.05, 4.69) is 26.0 Å². The summed E-state index contributed by atoms with van der Waals surface area (Å²) < 4.78 is 0. The third-order valence-electron chi connectivity index (χ3n) is 4.44. The molecule has 2 nitrogen and oxygen atoms in total. The molecule has 0 saturated heterocycles. The summed E-state index contributed by atoms with van der Waals surface area (Å²) in [6, 6.07) is 0. The van der Waals surface area contributed by atoms with E-state index in [4.69, 9.17) is 5.11 Å². The molecule has 0 spiro atoms. The molecule has 0 fully saturated rings. The number of carboxylic acids is 1. The van der Waals surface area contributed by atoms with Crippen molar-refractivity contribution in [3.63, 3.8) is 0 Å². The standard InChI is InChI=1S/C20H38O2/c1-3-19(2)17-15-13-11-9-7-5-4-6-8-10-12-14-16-18-20(21)22/h4-5,19H,3,6-18H2,1-2H3,(H,21,22)/b5-4-. The molecular weight excluding hydrogens is 272 g/mol. The van der Waals surface area contributed by atoms with Gasteiger partial charge >= 0.3 is 5.97 Å². The average molecular weight is 311 g/mol. The van der Waals surface area contributed by atoms with E-state index in [1.807, 2.05) is 0 Å². The highest BCUT2D eigenvalue weighted by molar-refractivity contribution is 5.66. The zero-order valence-corrected chi connectivity index (χ0v) is 15.0. The third-order valence-corrected chi connectivity index (χ3v) is 4.44. The SMILES string of the molecule is CCC(C)CCCCCC/C=C\CCCCCCCC(=O)O. The summed E-state index contributed by atoms with van der Waals surface area (Å²) in [5, 5.41) is 8.53. The number of allylic oxidation sites excluding steroid dienone is 2. The fourth-order valence-corrected chi connectivity index (χ4v) is 2.62. The molecule has 0 aromatic heterocycles. The van der Waals surface area contributed by atoms with Crippen molar-refractivity contribution in [2.75, 3.05) is 0 Å². The van der Waals surface area contributed by atoms with E-state index in [0.29, 0.717) is 6.42 Å². The van der Waals surface area contributed by atoms with Crippen LogP contribution in [0.1, 0.15) is 104 Å². The first-order valence-corrected chi connectivity index (χ1v) is 9.53. The van der Waals surface area contributed by atoms with Crippen molar-refractivity contribution in [3.05, 3.63) is 12.2 Å². The van der Waals surface area contributed by atoms with Gasteiger partial charge in [0.2, 0.25) is 0 Å². The molecule has 1 N–H and O–H groups in total. The van der Waals surface area contributed by atoms with Gasteiger partial charge in [0.15, 0.2) is 0 Å². The minimum atomic E-state index is -0.664. The van der Waals surface area contributed by atoms with Gasteiger partial charge in [0.05, 0.1) is 0 Å². The molecule has 0 radical (unpaired) electrons. The molecule has 0 aromatic carbocycles. The summed E-state index contributed by atoms with van der Waals surface area (Å²) in [7, 11) is 0. The number of hydrogen-bond donors (Lipinski definition) is 1. The predicted molar refractivity (Wildman–Crippen MR) is 96.3 cm³/mol. The van der Waals surface area contributed by atoms with Gasteiger partial charge in [-0.1, -0.05) is 77.4 Å². The van der Waals surface area contributed by atoms with Crippen LogP contribution < -0.4 is 0 Å². The maximum atomic E-state index is 10.4. The summed E-state index contributed by atoms with van der Waals surface area (Å²) in [5.74, 6) is 0.242. The predicted octanol–water partition coefficient (Wildman–Crippen LogP) is 6.74. The van der Waals surface area contributed by atoms with E-state index >= 15 is 0 Å². The van der Waals surface area contributed by atoms with Gasteiger partial charge < -0.3 is 5.11 Å². The van der Waals surface area contributed by atoms with Gasteiger partial charge in [0.25, 0.3) is 0 Å². The molecule has 0 heterocycles. The Kier molecular flexibility index (Phi) is 16.0. The fraction of sp³-hybridized carbons (Fsp3) is 0.850. The normalized spacial score (nSPS) is 12.8. The Hall–Kier alpha value is -0.790. The van der Waals surface area contributed by atoms with Crippen molar-refractivity contribution in [1.82, 2.24) is 0 Å². The maximum Gasteiger partial charge on any atom is 0.303 e. The Balaban J connectivity index is 3.13. The second kappa shape index (κ2) is 16.6. The minimum Gasteiger partial charge on any atom is -0.481 e. The van der Waals surface area contributed by atoms with Gasteiger partial charge in [-0.25, -0.2) is 0 Å². The van der Waals surface area contributed by atoms with Crippen molar-refractivity contribution in [3.8, 4) is 0 Å². The number of hydrogen-bond acceptors (Lipinski definition) is 1. The largest absolute Gasteiger partial charge is 0.481 e. The van der Waals surface area contributed by atoms with Crippen LogP contribution in [0, 0.1) is 5.92 Å². The first-order valence-electron chi connectivity index (χ1n) is 9.53. The van der Waals surface area contributed by atoms with E-state index in [0.717, 1.165) is 18.8 Å². The molecule has 0 rings (SSSR count). The maximum absolute atomic E-state index is 10.4. The van der Waals surface area contributed by atoms with Crippen LogP contribution in [0.15, 0.2) is 12.2 Å². The Morgan fingerprint density at radius 3 is 1.91 bits per heavy atom. The summed E-state index contributed by atoms with van der Waals surface area (Å²) in [6.07, 6.45) is 21.2. The van der Waals surface area contributed by atoms with E-state index in [1.165, 1.54) is 70.6 Å². The lowest BCUT2D eigenvalue weighted by Crippen LogP contribution is -1.93. The van der Waals surface area contributed by atoms with E-state index < -0.39 is 5.97 Å². The monoisotopic (exact) mass is 310 g/mol. The van der Waals surface area contributed by atoms with E-state index in [-0.39, 0.29) is 0 Å². The highest BCUT2D eigenvalue weighted by atomic mass is 16.4. The molecule has 1 unspecified atom stereocenters. The van der Waals surface area contributed by atoms with Crippen molar-refractivity contribution < 1.29 is 9.90 Å². The topological polar surface area (TPSA) is 37.3 Å². The van der Waals surface area contributed by atoms with Crippen molar-refractivity contribution in [2.45, 2.75) is 104 Å². The molecule has 0 aliphatic rings. The molecule has 0 bridgehead atoms. The summed E-state index contributed by atoms with van der Waals surface area (Å²) in [4.78, 5) is 10.4. The van der Waals surface area contributed by atoms with Crippen LogP contribution in [0.4, 0.5) is 0 Å². The summed E-state index contributed by atoms with van der Waals surface area (Å²) in [5.41, 5.74) is 0. The van der Waals surface area contributed by atoms with Gasteiger partial charge in [-0.15, -0.1) is 0 Å². The zero-order valence-electron chi connectivity index (χ0n) is 15.0. The minimum absolute atomic E-state index is 0.331. The quantitative estimate of drug-likeness (QED) is 0.253. The van der Waals surface area contributed by atoms with E-state index in [9.17, 15) is 4.79 Å². The van der Waals surface area contributed by atoms with Gasteiger partial charge in [-0.05, 0) is 38.0 Å². The Labute approximate surface area is 138 Å². The summed E-state index contributed by atoms with van der Waals surface area (Å²) in [6.45, 7) is 4.64. The number of carbonyl (C=O) groups is 1. The number of unbranched alkanes of at least 4 members (excludes halogenated alkanes) is 9. The fourth-order valence-electron chi connectivity index (χ4n) is 2.62. The number of aliphatic carboxylic acids is 1. The van der Waals surface area contributed by atoms with Crippen LogP contribution in [-0.2, 0) is 4.79 Å². The van der Waals surface area contributed by atoms with E-state index in [1.54, 1.807) is 0 Å². The number of rotatable bonds is 16. The van der Waals surface area contributed by atoms with Crippen LogP contribution in [0.3, 0.4) is 0 Å². The molecule has 0 amide bonds. The Bertz CT molecular complexity index is 271.